The number of para-hydroxylation sites is 2. The highest BCUT2D eigenvalue weighted by Gasteiger charge is 2.11. The first-order chi connectivity index (χ1) is 10.8. The van der Waals surface area contributed by atoms with Crippen molar-refractivity contribution in [3.05, 3.63) is 60.8 Å². The Morgan fingerprint density at radius 3 is 2.73 bits per heavy atom. The lowest BCUT2D eigenvalue weighted by molar-refractivity contribution is 0.102. The monoisotopic (exact) mass is 295 g/mol. The van der Waals surface area contributed by atoms with Gasteiger partial charge in [-0.2, -0.15) is 0 Å². The minimum Gasteiger partial charge on any atom is -0.495 e. The van der Waals surface area contributed by atoms with Crippen molar-refractivity contribution >= 4 is 11.6 Å². The molecule has 1 amide bonds. The number of aromatic nitrogens is 4. The van der Waals surface area contributed by atoms with Gasteiger partial charge in [0.1, 0.15) is 12.1 Å². The molecule has 0 aliphatic carbocycles. The third-order valence-corrected chi connectivity index (χ3v) is 3.01. The maximum atomic E-state index is 12.2. The number of methoxy groups -OCH3 is 1. The molecule has 0 bridgehead atoms. The van der Waals surface area contributed by atoms with Crippen LogP contribution in [0.1, 0.15) is 10.5 Å². The first kappa shape index (κ1) is 13.7. The normalized spacial score (nSPS) is 10.2. The lowest BCUT2D eigenvalue weighted by Gasteiger charge is -2.09. The van der Waals surface area contributed by atoms with Crippen molar-refractivity contribution in [2.45, 2.75) is 0 Å². The van der Waals surface area contributed by atoms with Crippen molar-refractivity contribution in [2.24, 2.45) is 0 Å². The Morgan fingerprint density at radius 1 is 1.18 bits per heavy atom. The quantitative estimate of drug-likeness (QED) is 0.795. The summed E-state index contributed by atoms with van der Waals surface area (Å²) in [5, 5.41) is 10.7. The number of hydrogen-bond acceptors (Lipinski definition) is 5. The lowest BCUT2D eigenvalue weighted by Crippen LogP contribution is -2.15. The fraction of sp³-hybridized carbons (Fsp3) is 0.0667. The molecule has 0 saturated carbocycles. The number of carbonyl (C=O) groups is 1. The van der Waals surface area contributed by atoms with Crippen LogP contribution < -0.4 is 10.1 Å². The van der Waals surface area contributed by atoms with Gasteiger partial charge < -0.3 is 10.1 Å². The zero-order chi connectivity index (χ0) is 15.4. The van der Waals surface area contributed by atoms with E-state index >= 15 is 0 Å². The molecule has 2 heterocycles. The fourth-order valence-corrected chi connectivity index (χ4v) is 1.91. The van der Waals surface area contributed by atoms with Gasteiger partial charge in [-0.05, 0) is 24.3 Å². The molecular formula is C15H13N5O2. The van der Waals surface area contributed by atoms with Gasteiger partial charge in [-0.3, -0.25) is 9.36 Å². The summed E-state index contributed by atoms with van der Waals surface area (Å²) in [6, 6.07) is 10.5. The van der Waals surface area contributed by atoms with Crippen LogP contribution in [0.3, 0.4) is 0 Å². The summed E-state index contributed by atoms with van der Waals surface area (Å²) in [6.07, 6.45) is 5.00. The molecule has 1 aromatic carbocycles. The Hall–Kier alpha value is -3.22. The van der Waals surface area contributed by atoms with Gasteiger partial charge in [0.2, 0.25) is 0 Å². The molecule has 7 nitrogen and oxygen atoms in total. The highest BCUT2D eigenvalue weighted by atomic mass is 16.5. The molecule has 1 N–H and O–H groups in total. The standard InChI is InChI=1S/C15H13N5O2/c1-22-13-5-3-2-4-11(13)17-15(21)12-6-7-14(19-18-12)20-9-8-16-10-20/h2-10H,1H3,(H,17,21). The summed E-state index contributed by atoms with van der Waals surface area (Å²) in [5.41, 5.74) is 0.797. The van der Waals surface area contributed by atoms with Crippen molar-refractivity contribution in [3.63, 3.8) is 0 Å². The number of anilines is 1. The van der Waals surface area contributed by atoms with E-state index in [0.717, 1.165) is 0 Å². The van der Waals surface area contributed by atoms with Crippen LogP contribution >= 0.6 is 0 Å². The highest BCUT2D eigenvalue weighted by Crippen LogP contribution is 2.23. The van der Waals surface area contributed by atoms with Gasteiger partial charge in [0.05, 0.1) is 12.8 Å². The largest absolute Gasteiger partial charge is 0.495 e. The van der Waals surface area contributed by atoms with E-state index < -0.39 is 0 Å². The topological polar surface area (TPSA) is 81.9 Å². The van der Waals surface area contributed by atoms with Crippen LogP contribution in [0.4, 0.5) is 5.69 Å². The molecule has 110 valence electrons. The number of amides is 1. The van der Waals surface area contributed by atoms with E-state index in [1.807, 2.05) is 12.1 Å². The molecule has 0 aliphatic rings. The molecule has 0 aliphatic heterocycles. The number of benzene rings is 1. The van der Waals surface area contributed by atoms with E-state index in [0.29, 0.717) is 17.3 Å². The molecule has 0 saturated heterocycles. The zero-order valence-corrected chi connectivity index (χ0v) is 11.8. The molecule has 22 heavy (non-hydrogen) atoms. The van der Waals surface area contributed by atoms with Gasteiger partial charge in [0, 0.05) is 12.4 Å². The van der Waals surface area contributed by atoms with Gasteiger partial charge in [-0.1, -0.05) is 12.1 Å². The molecule has 0 unspecified atom stereocenters. The van der Waals surface area contributed by atoms with E-state index in [-0.39, 0.29) is 11.6 Å². The van der Waals surface area contributed by atoms with Crippen molar-refractivity contribution in [2.75, 3.05) is 12.4 Å². The number of ether oxygens (including phenoxy) is 1. The SMILES string of the molecule is COc1ccccc1NC(=O)c1ccc(-n2ccnc2)nn1. The molecule has 0 radical (unpaired) electrons. The van der Waals surface area contributed by atoms with E-state index in [1.54, 1.807) is 54.7 Å². The summed E-state index contributed by atoms with van der Waals surface area (Å²) in [4.78, 5) is 16.1. The average molecular weight is 295 g/mol. The number of nitrogens with zero attached hydrogens (tertiary/aromatic N) is 4. The van der Waals surface area contributed by atoms with E-state index in [4.69, 9.17) is 4.74 Å². The minimum atomic E-state index is -0.353. The molecular weight excluding hydrogens is 282 g/mol. The number of imidazole rings is 1. The average Bonchev–Trinajstić information content (AvgIpc) is 3.10. The number of hydrogen-bond donors (Lipinski definition) is 1. The maximum absolute atomic E-state index is 12.2. The van der Waals surface area contributed by atoms with Gasteiger partial charge in [-0.15, -0.1) is 10.2 Å². The predicted molar refractivity (Wildman–Crippen MR) is 80.1 cm³/mol. The molecule has 0 spiro atoms. The molecule has 2 aromatic heterocycles. The van der Waals surface area contributed by atoms with Crippen LogP contribution in [-0.2, 0) is 0 Å². The smallest absolute Gasteiger partial charge is 0.276 e. The molecule has 7 heteroatoms. The van der Waals surface area contributed by atoms with Crippen molar-refractivity contribution in [1.82, 2.24) is 19.7 Å². The van der Waals surface area contributed by atoms with Gasteiger partial charge >= 0.3 is 0 Å². The number of rotatable bonds is 4. The Bertz CT molecular complexity index is 769. The Morgan fingerprint density at radius 2 is 2.05 bits per heavy atom. The first-order valence-corrected chi connectivity index (χ1v) is 6.54. The van der Waals surface area contributed by atoms with Crippen LogP contribution in [0.15, 0.2) is 55.1 Å². The number of nitrogens with one attached hydrogen (secondary N) is 1. The third kappa shape index (κ3) is 2.78. The van der Waals surface area contributed by atoms with Crippen molar-refractivity contribution in [1.29, 1.82) is 0 Å². The second-order valence-electron chi connectivity index (χ2n) is 4.40. The molecule has 3 aromatic rings. The van der Waals surface area contributed by atoms with E-state index in [1.165, 1.54) is 0 Å². The Labute approximate surface area is 126 Å². The lowest BCUT2D eigenvalue weighted by atomic mass is 10.2. The second kappa shape index (κ2) is 6.04. The highest BCUT2D eigenvalue weighted by molar-refractivity contribution is 6.03. The third-order valence-electron chi connectivity index (χ3n) is 3.01. The Kier molecular flexibility index (Phi) is 3.78. The fourth-order valence-electron chi connectivity index (χ4n) is 1.91. The summed E-state index contributed by atoms with van der Waals surface area (Å²) >= 11 is 0. The van der Waals surface area contributed by atoms with Gasteiger partial charge in [-0.25, -0.2) is 4.98 Å². The number of carbonyl (C=O) groups excluding carboxylic acids is 1. The van der Waals surface area contributed by atoms with Crippen LogP contribution in [0.5, 0.6) is 5.75 Å². The first-order valence-electron chi connectivity index (χ1n) is 6.54. The van der Waals surface area contributed by atoms with Gasteiger partial charge in [0.25, 0.3) is 5.91 Å². The van der Waals surface area contributed by atoms with Gasteiger partial charge in [0.15, 0.2) is 11.5 Å². The minimum absolute atomic E-state index is 0.217. The van der Waals surface area contributed by atoms with Crippen LogP contribution in [0.25, 0.3) is 5.82 Å². The van der Waals surface area contributed by atoms with Crippen molar-refractivity contribution < 1.29 is 9.53 Å². The van der Waals surface area contributed by atoms with E-state index in [9.17, 15) is 4.79 Å². The van der Waals surface area contributed by atoms with Crippen LogP contribution in [0, 0.1) is 0 Å². The second-order valence-corrected chi connectivity index (χ2v) is 4.40. The Balaban J connectivity index is 1.78. The predicted octanol–water partition coefficient (Wildman–Crippen LogP) is 1.92. The maximum Gasteiger partial charge on any atom is 0.276 e. The summed E-state index contributed by atoms with van der Waals surface area (Å²) in [6.45, 7) is 0. The van der Waals surface area contributed by atoms with E-state index in [2.05, 4.69) is 20.5 Å². The van der Waals surface area contributed by atoms with Crippen LogP contribution in [0.2, 0.25) is 0 Å². The summed E-state index contributed by atoms with van der Waals surface area (Å²) < 4.78 is 6.89. The molecule has 0 atom stereocenters. The summed E-state index contributed by atoms with van der Waals surface area (Å²) in [7, 11) is 1.55. The summed E-state index contributed by atoms with van der Waals surface area (Å²) in [5.74, 6) is 0.819. The van der Waals surface area contributed by atoms with Crippen molar-refractivity contribution in [3.8, 4) is 11.6 Å². The molecule has 0 fully saturated rings. The molecule has 3 rings (SSSR count). The van der Waals surface area contributed by atoms with Crippen LogP contribution in [-0.4, -0.2) is 32.8 Å². The zero-order valence-electron chi connectivity index (χ0n) is 11.8.